The van der Waals surface area contributed by atoms with Crippen LogP contribution in [0.5, 0.6) is 0 Å². The van der Waals surface area contributed by atoms with E-state index in [2.05, 4.69) is 20.6 Å². The topological polar surface area (TPSA) is 199 Å². The summed E-state index contributed by atoms with van der Waals surface area (Å²) in [6.45, 7) is -0.383. The molecule has 1 saturated heterocycles. The van der Waals surface area contributed by atoms with Crippen LogP contribution in [0.25, 0.3) is 0 Å². The molecular formula is C17H18F3N7O5. The highest BCUT2D eigenvalue weighted by atomic mass is 19.4. The highest BCUT2D eigenvalue weighted by Gasteiger charge is 2.74. The van der Waals surface area contributed by atoms with Crippen molar-refractivity contribution in [3.8, 4) is 0 Å². The number of halogens is 3. The van der Waals surface area contributed by atoms with Crippen molar-refractivity contribution in [2.45, 2.75) is 35.8 Å². The molecule has 0 radical (unpaired) electrons. The Morgan fingerprint density at radius 3 is 2.56 bits per heavy atom. The third-order valence-electron chi connectivity index (χ3n) is 5.72. The van der Waals surface area contributed by atoms with Crippen molar-refractivity contribution < 1.29 is 38.1 Å². The highest BCUT2D eigenvalue weighted by Crippen LogP contribution is 2.44. The number of hydrogen-bond donors (Lipinski definition) is 7. The van der Waals surface area contributed by atoms with Gasteiger partial charge in [-0.15, -0.1) is 0 Å². The van der Waals surface area contributed by atoms with Crippen LogP contribution in [-0.2, 0) is 11.0 Å². The Morgan fingerprint density at radius 1 is 1.25 bits per heavy atom. The predicted octanol–water partition coefficient (Wildman–Crippen LogP) is -2.44. The number of nitrogens with two attached hydrogens (primary N) is 2. The smallest absolute Gasteiger partial charge is 0.416 e. The lowest BCUT2D eigenvalue weighted by molar-refractivity contribution is -0.230. The van der Waals surface area contributed by atoms with Gasteiger partial charge >= 0.3 is 12.1 Å². The molecule has 1 aromatic rings. The molecule has 1 aromatic carbocycles. The standard InChI is InChI=1S/C17H18F3N7O5/c18-17(19,20)7-3-1-2-6(4-7)11(28)23-8-5-27-14(22)24-9(12(29)30)10-15(27,16(8,31)32)26-13(21)25-10/h1-4,8-10,31-32H,5H2,(H2,22,24)(H,23,28)(H,29,30)(H3,21,25,26)/t8-,9+,10-,15-/m0/s1. The zero-order valence-corrected chi connectivity index (χ0v) is 16.0. The van der Waals surface area contributed by atoms with Crippen LogP contribution in [-0.4, -0.2) is 80.1 Å². The number of carbonyl (C=O) groups is 2. The summed E-state index contributed by atoms with van der Waals surface area (Å²) in [6, 6.07) is -1.04. The number of aliphatic imine (C=N–C) groups is 2. The highest BCUT2D eigenvalue weighted by molar-refractivity contribution is 5.95. The fraction of sp³-hybridized carbons (Fsp3) is 0.412. The van der Waals surface area contributed by atoms with E-state index in [0.29, 0.717) is 6.07 Å². The van der Waals surface area contributed by atoms with Gasteiger partial charge < -0.3 is 42.3 Å². The number of benzene rings is 1. The molecule has 3 aliphatic rings. The molecule has 3 heterocycles. The van der Waals surface area contributed by atoms with Gasteiger partial charge in [0, 0.05) is 12.1 Å². The average molecular weight is 457 g/mol. The number of nitrogens with one attached hydrogen (secondary N) is 2. The SMILES string of the molecule is NC1=N[C@H]2[C@H](C(=O)O)N=C(N)N3C[C@H](NC(=O)c4cccc(C(F)(F)F)c4)C(O)(O)[C@]23N1. The van der Waals surface area contributed by atoms with Gasteiger partial charge in [0.1, 0.15) is 12.1 Å². The zero-order chi connectivity index (χ0) is 23.6. The number of rotatable bonds is 3. The van der Waals surface area contributed by atoms with Gasteiger partial charge in [-0.3, -0.25) is 4.79 Å². The number of alkyl halides is 3. The Balaban J connectivity index is 1.68. The Bertz CT molecular complexity index is 1060. The minimum Gasteiger partial charge on any atom is -0.480 e. The molecule has 172 valence electrons. The van der Waals surface area contributed by atoms with E-state index < -0.39 is 53.2 Å². The second kappa shape index (κ2) is 6.70. The molecule has 4 rings (SSSR count). The number of amides is 1. The minimum atomic E-state index is -4.69. The number of aliphatic hydroxyl groups is 2. The van der Waals surface area contributed by atoms with Crippen LogP contribution >= 0.6 is 0 Å². The van der Waals surface area contributed by atoms with E-state index in [1.807, 2.05) is 0 Å². The molecule has 0 bridgehead atoms. The van der Waals surface area contributed by atoms with Gasteiger partial charge in [0.15, 0.2) is 23.6 Å². The molecule has 0 aliphatic carbocycles. The first-order valence-electron chi connectivity index (χ1n) is 9.17. The lowest BCUT2D eigenvalue weighted by Gasteiger charge is -2.48. The molecule has 1 spiro atoms. The molecule has 0 saturated carbocycles. The van der Waals surface area contributed by atoms with E-state index >= 15 is 0 Å². The maximum atomic E-state index is 13.0. The molecule has 1 amide bonds. The van der Waals surface area contributed by atoms with Crippen LogP contribution in [0.3, 0.4) is 0 Å². The first-order chi connectivity index (χ1) is 14.8. The van der Waals surface area contributed by atoms with E-state index in [0.717, 1.165) is 23.1 Å². The first-order valence-corrected chi connectivity index (χ1v) is 9.17. The normalized spacial score (nSPS) is 30.5. The maximum absolute atomic E-state index is 13.0. The minimum absolute atomic E-state index is 0.312. The summed E-state index contributed by atoms with van der Waals surface area (Å²) in [4.78, 5) is 33.2. The molecular weight excluding hydrogens is 439 g/mol. The van der Waals surface area contributed by atoms with Gasteiger partial charge in [-0.1, -0.05) is 6.07 Å². The van der Waals surface area contributed by atoms with Crippen molar-refractivity contribution in [2.24, 2.45) is 21.5 Å². The lowest BCUT2D eigenvalue weighted by atomic mass is 9.85. The molecule has 9 N–H and O–H groups in total. The molecule has 0 unspecified atom stereocenters. The van der Waals surface area contributed by atoms with E-state index in [1.54, 1.807) is 0 Å². The summed E-state index contributed by atoms with van der Waals surface area (Å²) < 4.78 is 38.9. The van der Waals surface area contributed by atoms with E-state index in [4.69, 9.17) is 11.5 Å². The first kappa shape index (κ1) is 21.6. The monoisotopic (exact) mass is 457 g/mol. The van der Waals surface area contributed by atoms with Gasteiger partial charge in [0.05, 0.1) is 5.56 Å². The van der Waals surface area contributed by atoms with E-state index in [-0.39, 0.29) is 24.0 Å². The van der Waals surface area contributed by atoms with Crippen molar-refractivity contribution >= 4 is 23.8 Å². The van der Waals surface area contributed by atoms with E-state index in [9.17, 15) is 38.1 Å². The Labute approximate surface area is 177 Å². The average Bonchev–Trinajstić information content (AvgIpc) is 3.16. The summed E-state index contributed by atoms with van der Waals surface area (Å²) in [7, 11) is 0. The lowest BCUT2D eigenvalue weighted by Crippen LogP contribution is -2.78. The van der Waals surface area contributed by atoms with Gasteiger partial charge in [-0.2, -0.15) is 13.2 Å². The largest absolute Gasteiger partial charge is 0.480 e. The van der Waals surface area contributed by atoms with E-state index in [1.165, 1.54) is 0 Å². The fourth-order valence-corrected chi connectivity index (χ4v) is 4.27. The van der Waals surface area contributed by atoms with Crippen LogP contribution in [0, 0.1) is 0 Å². The van der Waals surface area contributed by atoms with Gasteiger partial charge in [-0.05, 0) is 18.2 Å². The summed E-state index contributed by atoms with van der Waals surface area (Å²) >= 11 is 0. The number of aliphatic carboxylic acids is 1. The Hall–Kier alpha value is -3.59. The number of carboxylic acid groups (broad SMARTS) is 1. The molecule has 32 heavy (non-hydrogen) atoms. The van der Waals surface area contributed by atoms with Crippen LogP contribution in [0.1, 0.15) is 15.9 Å². The van der Waals surface area contributed by atoms with Crippen LogP contribution < -0.4 is 22.1 Å². The maximum Gasteiger partial charge on any atom is 0.416 e. The van der Waals surface area contributed by atoms with Crippen molar-refractivity contribution in [3.63, 3.8) is 0 Å². The summed E-state index contributed by atoms with van der Waals surface area (Å²) in [5.74, 6) is -6.08. The molecule has 12 nitrogen and oxygen atoms in total. The van der Waals surface area contributed by atoms with Crippen LogP contribution in [0.4, 0.5) is 13.2 Å². The molecule has 1 fully saturated rings. The summed E-state index contributed by atoms with van der Waals surface area (Å²) in [5.41, 5.74) is 8.01. The zero-order valence-electron chi connectivity index (χ0n) is 16.0. The van der Waals surface area contributed by atoms with Crippen LogP contribution in [0.15, 0.2) is 34.3 Å². The number of nitrogens with zero attached hydrogens (tertiary/aromatic N) is 3. The third-order valence-corrected chi connectivity index (χ3v) is 5.72. The molecule has 15 heteroatoms. The Kier molecular flexibility index (Phi) is 4.53. The number of carbonyl (C=O) groups excluding carboxylic acids is 1. The predicted molar refractivity (Wildman–Crippen MR) is 101 cm³/mol. The second-order valence-corrected chi connectivity index (χ2v) is 7.56. The quantitative estimate of drug-likeness (QED) is 0.241. The number of carboxylic acids is 1. The van der Waals surface area contributed by atoms with Crippen molar-refractivity contribution in [3.05, 3.63) is 35.4 Å². The molecule has 3 aliphatic heterocycles. The Morgan fingerprint density at radius 2 is 1.94 bits per heavy atom. The summed E-state index contributed by atoms with van der Waals surface area (Å²) in [5, 5.41) is 36.4. The third kappa shape index (κ3) is 2.92. The van der Waals surface area contributed by atoms with Crippen molar-refractivity contribution in [1.29, 1.82) is 0 Å². The van der Waals surface area contributed by atoms with Gasteiger partial charge in [0.2, 0.25) is 5.79 Å². The van der Waals surface area contributed by atoms with Crippen molar-refractivity contribution in [1.82, 2.24) is 15.5 Å². The summed E-state index contributed by atoms with van der Waals surface area (Å²) in [6.07, 6.45) is -4.69. The van der Waals surface area contributed by atoms with Gasteiger partial charge in [-0.25, -0.2) is 14.8 Å². The molecule has 4 atom stereocenters. The molecule has 0 aromatic heterocycles. The van der Waals surface area contributed by atoms with Crippen LogP contribution in [0.2, 0.25) is 0 Å². The van der Waals surface area contributed by atoms with Crippen molar-refractivity contribution in [2.75, 3.05) is 6.54 Å². The second-order valence-electron chi connectivity index (χ2n) is 7.56. The van der Waals surface area contributed by atoms with Gasteiger partial charge in [0.25, 0.3) is 5.91 Å². The fourth-order valence-electron chi connectivity index (χ4n) is 4.27. The number of hydrogen-bond acceptors (Lipinski definition) is 10. The number of guanidine groups is 2.